The Hall–Kier alpha value is -1.64. The molecule has 1 aromatic heterocycles. The molecule has 18 heavy (non-hydrogen) atoms. The van der Waals surface area contributed by atoms with E-state index in [1.54, 1.807) is 0 Å². The van der Waals surface area contributed by atoms with Gasteiger partial charge < -0.3 is 4.57 Å². The van der Waals surface area contributed by atoms with Crippen molar-refractivity contribution in [3.05, 3.63) is 34.6 Å². The lowest BCUT2D eigenvalue weighted by atomic mass is 10.1. The average molecular weight is 241 g/mol. The van der Waals surface area contributed by atoms with E-state index in [1.165, 1.54) is 30.4 Å². The number of aryl methyl sites for hydroxylation is 3. The molecule has 3 nitrogen and oxygen atoms in total. The Morgan fingerprint density at radius 1 is 1.17 bits per heavy atom. The standard InChI is InChI=1S/C15H19N3/c1-10-7-8-12-14(11(10)2)17-13-6-4-3-5-9-18(13)15(12)16/h7-8,16H,3-6,9H2,1-2H3. The van der Waals surface area contributed by atoms with Crippen molar-refractivity contribution in [3.63, 3.8) is 0 Å². The summed E-state index contributed by atoms with van der Waals surface area (Å²) in [6.45, 7) is 5.17. The fraction of sp³-hybridized carbons (Fsp3) is 0.467. The van der Waals surface area contributed by atoms with Gasteiger partial charge in [-0.1, -0.05) is 12.5 Å². The Labute approximate surface area is 107 Å². The first-order chi connectivity index (χ1) is 8.68. The second-order valence-corrected chi connectivity index (χ2v) is 5.24. The Kier molecular flexibility index (Phi) is 2.69. The summed E-state index contributed by atoms with van der Waals surface area (Å²) < 4.78 is 2.10. The van der Waals surface area contributed by atoms with E-state index >= 15 is 0 Å². The summed E-state index contributed by atoms with van der Waals surface area (Å²) in [6.07, 6.45) is 4.62. The highest BCUT2D eigenvalue weighted by atomic mass is 15.1. The molecule has 1 aliphatic rings. The Morgan fingerprint density at radius 2 is 2.00 bits per heavy atom. The lowest BCUT2D eigenvalue weighted by molar-refractivity contribution is 0.602. The summed E-state index contributed by atoms with van der Waals surface area (Å²) in [4.78, 5) is 4.84. The topological polar surface area (TPSA) is 41.7 Å². The smallest absolute Gasteiger partial charge is 0.135 e. The maximum atomic E-state index is 8.40. The largest absolute Gasteiger partial charge is 0.314 e. The van der Waals surface area contributed by atoms with E-state index in [9.17, 15) is 0 Å². The van der Waals surface area contributed by atoms with Gasteiger partial charge >= 0.3 is 0 Å². The molecule has 0 radical (unpaired) electrons. The SMILES string of the molecule is Cc1ccc2c(=N)n3c(nc2c1C)CCCCC3. The molecule has 3 rings (SSSR count). The first-order valence-corrected chi connectivity index (χ1v) is 6.72. The number of nitrogens with zero attached hydrogens (tertiary/aromatic N) is 2. The zero-order valence-electron chi connectivity index (χ0n) is 11.1. The number of benzene rings is 1. The van der Waals surface area contributed by atoms with Crippen LogP contribution in [-0.2, 0) is 13.0 Å². The minimum absolute atomic E-state index is 0.639. The van der Waals surface area contributed by atoms with Crippen molar-refractivity contribution in [3.8, 4) is 0 Å². The minimum Gasteiger partial charge on any atom is -0.314 e. The van der Waals surface area contributed by atoms with Crippen LogP contribution in [-0.4, -0.2) is 9.55 Å². The second kappa shape index (κ2) is 4.23. The molecule has 1 N–H and O–H groups in total. The molecule has 0 saturated heterocycles. The van der Waals surface area contributed by atoms with Crippen LogP contribution in [0, 0.1) is 19.3 Å². The van der Waals surface area contributed by atoms with Gasteiger partial charge in [0.15, 0.2) is 0 Å². The van der Waals surface area contributed by atoms with E-state index in [4.69, 9.17) is 10.4 Å². The average Bonchev–Trinajstić information content (AvgIpc) is 2.60. The van der Waals surface area contributed by atoms with E-state index in [0.717, 1.165) is 29.7 Å². The number of rotatable bonds is 0. The molecule has 3 heteroatoms. The van der Waals surface area contributed by atoms with E-state index in [2.05, 4.69) is 24.5 Å². The molecular formula is C15H19N3. The summed E-state index contributed by atoms with van der Waals surface area (Å²) in [5.41, 5.74) is 4.13. The molecule has 2 heterocycles. The zero-order chi connectivity index (χ0) is 12.7. The number of nitrogens with one attached hydrogen (secondary N) is 1. The fourth-order valence-electron chi connectivity index (χ4n) is 2.76. The molecule has 0 unspecified atom stereocenters. The fourth-order valence-corrected chi connectivity index (χ4v) is 2.76. The number of hydrogen-bond acceptors (Lipinski definition) is 2. The first kappa shape index (κ1) is 11.5. The van der Waals surface area contributed by atoms with Crippen molar-refractivity contribution in [2.75, 3.05) is 0 Å². The summed E-state index contributed by atoms with van der Waals surface area (Å²) in [5, 5.41) is 9.39. The monoisotopic (exact) mass is 241 g/mol. The third kappa shape index (κ3) is 1.65. The molecule has 0 bridgehead atoms. The molecule has 0 amide bonds. The van der Waals surface area contributed by atoms with Gasteiger partial charge in [0, 0.05) is 18.4 Å². The highest BCUT2D eigenvalue weighted by molar-refractivity contribution is 5.81. The van der Waals surface area contributed by atoms with Crippen molar-refractivity contribution >= 4 is 10.9 Å². The Bertz CT molecular complexity index is 667. The number of fused-ring (bicyclic) bond motifs is 2. The van der Waals surface area contributed by atoms with Crippen LogP contribution in [0.4, 0.5) is 0 Å². The van der Waals surface area contributed by atoms with Crippen LogP contribution < -0.4 is 5.49 Å². The van der Waals surface area contributed by atoms with Crippen molar-refractivity contribution in [1.29, 1.82) is 5.41 Å². The van der Waals surface area contributed by atoms with Crippen LogP contribution in [0.25, 0.3) is 10.9 Å². The van der Waals surface area contributed by atoms with Crippen molar-refractivity contribution < 1.29 is 0 Å². The molecule has 0 aliphatic carbocycles. The summed E-state index contributed by atoms with van der Waals surface area (Å²) >= 11 is 0. The molecular weight excluding hydrogens is 222 g/mol. The molecule has 0 saturated carbocycles. The normalized spacial score (nSPS) is 15.4. The Balaban J connectivity index is 2.38. The van der Waals surface area contributed by atoms with E-state index in [-0.39, 0.29) is 0 Å². The quantitative estimate of drug-likeness (QED) is 0.757. The van der Waals surface area contributed by atoms with Gasteiger partial charge in [0.2, 0.25) is 0 Å². The Morgan fingerprint density at radius 3 is 2.83 bits per heavy atom. The van der Waals surface area contributed by atoms with Crippen LogP contribution in [0.15, 0.2) is 12.1 Å². The third-order valence-corrected chi connectivity index (χ3v) is 4.06. The summed E-state index contributed by atoms with van der Waals surface area (Å²) in [6, 6.07) is 4.15. The first-order valence-electron chi connectivity index (χ1n) is 6.72. The molecule has 1 aromatic carbocycles. The van der Waals surface area contributed by atoms with Gasteiger partial charge in [-0.25, -0.2) is 4.98 Å². The van der Waals surface area contributed by atoms with E-state index in [1.807, 2.05) is 6.07 Å². The van der Waals surface area contributed by atoms with Crippen molar-refractivity contribution in [2.24, 2.45) is 0 Å². The third-order valence-electron chi connectivity index (χ3n) is 4.06. The lowest BCUT2D eigenvalue weighted by Gasteiger charge is -2.13. The van der Waals surface area contributed by atoms with Crippen LogP contribution in [0.1, 0.15) is 36.2 Å². The van der Waals surface area contributed by atoms with Gasteiger partial charge in [-0.2, -0.15) is 0 Å². The van der Waals surface area contributed by atoms with Crippen molar-refractivity contribution in [1.82, 2.24) is 9.55 Å². The highest BCUT2D eigenvalue weighted by Gasteiger charge is 2.13. The summed E-state index contributed by atoms with van der Waals surface area (Å²) in [7, 11) is 0. The maximum Gasteiger partial charge on any atom is 0.135 e. The molecule has 0 atom stereocenters. The zero-order valence-corrected chi connectivity index (χ0v) is 11.1. The second-order valence-electron chi connectivity index (χ2n) is 5.24. The number of aromatic nitrogens is 2. The summed E-state index contributed by atoms with van der Waals surface area (Å²) in [5.74, 6) is 1.10. The molecule has 94 valence electrons. The lowest BCUT2D eigenvalue weighted by Crippen LogP contribution is -2.25. The molecule has 1 aliphatic heterocycles. The van der Waals surface area contributed by atoms with Crippen LogP contribution in [0.2, 0.25) is 0 Å². The van der Waals surface area contributed by atoms with Crippen LogP contribution >= 0.6 is 0 Å². The van der Waals surface area contributed by atoms with Gasteiger partial charge in [-0.15, -0.1) is 0 Å². The highest BCUT2D eigenvalue weighted by Crippen LogP contribution is 2.19. The predicted molar refractivity (Wildman–Crippen MR) is 72.6 cm³/mol. The van der Waals surface area contributed by atoms with Crippen LogP contribution in [0.5, 0.6) is 0 Å². The van der Waals surface area contributed by atoms with Gasteiger partial charge in [0.1, 0.15) is 11.3 Å². The van der Waals surface area contributed by atoms with E-state index < -0.39 is 0 Å². The van der Waals surface area contributed by atoms with Gasteiger partial charge in [0.05, 0.1) is 5.52 Å². The van der Waals surface area contributed by atoms with E-state index in [0.29, 0.717) is 5.49 Å². The van der Waals surface area contributed by atoms with Gasteiger partial charge in [-0.3, -0.25) is 5.41 Å². The molecule has 0 fully saturated rings. The maximum absolute atomic E-state index is 8.40. The molecule has 0 spiro atoms. The molecule has 2 aromatic rings. The predicted octanol–water partition coefficient (Wildman–Crippen LogP) is 2.86. The van der Waals surface area contributed by atoms with Gasteiger partial charge in [0.25, 0.3) is 0 Å². The number of hydrogen-bond donors (Lipinski definition) is 1. The van der Waals surface area contributed by atoms with Crippen molar-refractivity contribution in [2.45, 2.75) is 46.1 Å². The minimum atomic E-state index is 0.639. The van der Waals surface area contributed by atoms with Gasteiger partial charge in [-0.05, 0) is 43.9 Å². The van der Waals surface area contributed by atoms with Crippen LogP contribution in [0.3, 0.4) is 0 Å².